The minimum Gasteiger partial charge on any atom is -0.481 e. The average molecular weight is 319 g/mol. The summed E-state index contributed by atoms with van der Waals surface area (Å²) in [6.45, 7) is 3.16. The van der Waals surface area contributed by atoms with Gasteiger partial charge in [-0.2, -0.15) is 4.31 Å². The highest BCUT2D eigenvalue weighted by atomic mass is 32.2. The fourth-order valence-corrected chi connectivity index (χ4v) is 5.10. The number of hydrogen-bond acceptors (Lipinski definition) is 5. The van der Waals surface area contributed by atoms with Crippen LogP contribution in [0.4, 0.5) is 0 Å². The van der Waals surface area contributed by atoms with Gasteiger partial charge in [-0.05, 0) is 25.5 Å². The molecule has 20 heavy (non-hydrogen) atoms. The number of carboxylic acids is 1. The van der Waals surface area contributed by atoms with E-state index >= 15 is 0 Å². The van der Waals surface area contributed by atoms with Crippen LogP contribution in [0.1, 0.15) is 18.2 Å². The van der Waals surface area contributed by atoms with E-state index in [1.165, 1.54) is 10.4 Å². The van der Waals surface area contributed by atoms with Crippen molar-refractivity contribution in [1.82, 2.24) is 4.31 Å². The molecule has 1 aromatic rings. The molecule has 1 unspecified atom stereocenters. The molecule has 2 heterocycles. The van der Waals surface area contributed by atoms with Gasteiger partial charge in [0.2, 0.25) is 0 Å². The van der Waals surface area contributed by atoms with Crippen LogP contribution < -0.4 is 0 Å². The molecule has 1 aliphatic rings. The summed E-state index contributed by atoms with van der Waals surface area (Å²) in [5.74, 6) is -0.965. The van der Waals surface area contributed by atoms with Gasteiger partial charge in [-0.15, -0.1) is 11.3 Å². The molecule has 8 heteroatoms. The highest BCUT2D eigenvalue weighted by Crippen LogP contribution is 2.26. The van der Waals surface area contributed by atoms with Gasteiger partial charge in [0.05, 0.1) is 12.5 Å². The molecule has 0 aromatic carbocycles. The molecule has 1 aromatic heterocycles. The highest BCUT2D eigenvalue weighted by Gasteiger charge is 2.29. The molecule has 1 fully saturated rings. The first-order valence-electron chi connectivity index (χ1n) is 6.32. The number of hydrogen-bond donors (Lipinski definition) is 1. The van der Waals surface area contributed by atoms with Crippen molar-refractivity contribution in [3.05, 3.63) is 17.0 Å². The first kappa shape index (κ1) is 15.4. The number of carboxylic acid groups (broad SMARTS) is 1. The maximum atomic E-state index is 12.5. The van der Waals surface area contributed by atoms with E-state index in [2.05, 4.69) is 0 Å². The van der Waals surface area contributed by atoms with Crippen LogP contribution in [0.15, 0.2) is 16.3 Å². The lowest BCUT2D eigenvalue weighted by Crippen LogP contribution is -2.35. The van der Waals surface area contributed by atoms with E-state index in [1.807, 2.05) is 6.92 Å². The standard InChI is InChI=1S/C12H17NO5S2/c1-9-8-13(5-2-6-18-9)20(16,17)12-4-3-10(19-12)7-11(14)15/h3-4,9H,2,5-8H2,1H3,(H,14,15). The van der Waals surface area contributed by atoms with Crippen molar-refractivity contribution in [2.75, 3.05) is 19.7 Å². The molecule has 112 valence electrons. The smallest absolute Gasteiger partial charge is 0.308 e. The average Bonchev–Trinajstić information content (AvgIpc) is 2.70. The van der Waals surface area contributed by atoms with Crippen molar-refractivity contribution in [1.29, 1.82) is 0 Å². The van der Waals surface area contributed by atoms with Crippen molar-refractivity contribution in [2.24, 2.45) is 0 Å². The minimum atomic E-state index is -3.55. The van der Waals surface area contributed by atoms with Crippen molar-refractivity contribution in [3.63, 3.8) is 0 Å². The second-order valence-corrected chi connectivity index (χ2v) is 8.02. The summed E-state index contributed by atoms with van der Waals surface area (Å²) in [4.78, 5) is 11.2. The van der Waals surface area contributed by atoms with Crippen molar-refractivity contribution in [3.8, 4) is 0 Å². The fourth-order valence-electron chi connectivity index (χ4n) is 2.04. The molecule has 6 nitrogen and oxygen atoms in total. The van der Waals surface area contributed by atoms with Gasteiger partial charge in [0.25, 0.3) is 10.0 Å². The topological polar surface area (TPSA) is 83.9 Å². The number of ether oxygens (including phenoxy) is 1. The van der Waals surface area contributed by atoms with E-state index in [4.69, 9.17) is 9.84 Å². The van der Waals surface area contributed by atoms with E-state index in [0.717, 1.165) is 11.3 Å². The molecule has 0 radical (unpaired) electrons. The van der Waals surface area contributed by atoms with Crippen LogP contribution in [0, 0.1) is 0 Å². The van der Waals surface area contributed by atoms with E-state index in [1.54, 1.807) is 6.07 Å². The van der Waals surface area contributed by atoms with Gasteiger partial charge >= 0.3 is 5.97 Å². The Balaban J connectivity index is 2.20. The lowest BCUT2D eigenvalue weighted by atomic mass is 10.3. The zero-order valence-electron chi connectivity index (χ0n) is 11.1. The van der Waals surface area contributed by atoms with Gasteiger partial charge in [-0.1, -0.05) is 0 Å². The van der Waals surface area contributed by atoms with Gasteiger partial charge in [0, 0.05) is 24.6 Å². The summed E-state index contributed by atoms with van der Waals surface area (Å²) in [5, 5.41) is 8.73. The Morgan fingerprint density at radius 1 is 1.55 bits per heavy atom. The van der Waals surface area contributed by atoms with Crippen LogP contribution in [0.2, 0.25) is 0 Å². The van der Waals surface area contributed by atoms with Crippen molar-refractivity contribution >= 4 is 27.3 Å². The van der Waals surface area contributed by atoms with Crippen molar-refractivity contribution < 1.29 is 23.1 Å². The van der Waals surface area contributed by atoms with Crippen LogP contribution >= 0.6 is 11.3 Å². The number of carbonyl (C=O) groups is 1. The fraction of sp³-hybridized carbons (Fsp3) is 0.583. The lowest BCUT2D eigenvalue weighted by molar-refractivity contribution is -0.136. The Morgan fingerprint density at radius 3 is 3.00 bits per heavy atom. The van der Waals surface area contributed by atoms with Crippen LogP contribution in [0.25, 0.3) is 0 Å². The van der Waals surface area contributed by atoms with E-state index < -0.39 is 16.0 Å². The monoisotopic (exact) mass is 319 g/mol. The number of sulfonamides is 1. The predicted octanol–water partition coefficient (Wildman–Crippen LogP) is 1.17. The Kier molecular flexibility index (Phi) is 4.79. The zero-order chi connectivity index (χ0) is 14.8. The quantitative estimate of drug-likeness (QED) is 0.901. The molecule has 0 aliphatic carbocycles. The lowest BCUT2D eigenvalue weighted by Gasteiger charge is -2.20. The van der Waals surface area contributed by atoms with Gasteiger partial charge in [0.1, 0.15) is 4.21 Å². The Morgan fingerprint density at radius 2 is 2.30 bits per heavy atom. The maximum Gasteiger partial charge on any atom is 0.308 e. The molecule has 0 bridgehead atoms. The van der Waals surface area contributed by atoms with E-state index in [0.29, 0.717) is 31.0 Å². The molecule has 1 aliphatic heterocycles. The second-order valence-electron chi connectivity index (χ2n) is 4.69. The Hall–Kier alpha value is -0.960. The third-order valence-corrected chi connectivity index (χ3v) is 6.39. The zero-order valence-corrected chi connectivity index (χ0v) is 12.7. The van der Waals surface area contributed by atoms with E-state index in [-0.39, 0.29) is 16.7 Å². The van der Waals surface area contributed by atoms with Crippen LogP contribution in [0.3, 0.4) is 0 Å². The molecular weight excluding hydrogens is 302 g/mol. The third kappa shape index (κ3) is 3.57. The molecular formula is C12H17NO5S2. The largest absolute Gasteiger partial charge is 0.481 e. The number of nitrogens with zero attached hydrogens (tertiary/aromatic N) is 1. The van der Waals surface area contributed by atoms with Crippen LogP contribution in [-0.4, -0.2) is 49.6 Å². The van der Waals surface area contributed by atoms with Crippen molar-refractivity contribution in [2.45, 2.75) is 30.1 Å². The summed E-state index contributed by atoms with van der Waals surface area (Å²) in [7, 11) is -3.55. The Labute approximate surface area is 122 Å². The van der Waals surface area contributed by atoms with Crippen LogP contribution in [-0.2, 0) is 26.0 Å². The normalized spacial score (nSPS) is 21.6. The van der Waals surface area contributed by atoms with Crippen LogP contribution in [0.5, 0.6) is 0 Å². The third-order valence-electron chi connectivity index (χ3n) is 2.97. The number of aliphatic carboxylic acids is 1. The molecule has 0 amide bonds. The first-order chi connectivity index (χ1) is 9.39. The summed E-state index contributed by atoms with van der Waals surface area (Å²) in [6.07, 6.45) is 0.377. The molecule has 1 atom stereocenters. The molecule has 2 rings (SSSR count). The second kappa shape index (κ2) is 6.21. The van der Waals surface area contributed by atoms with Gasteiger partial charge in [-0.25, -0.2) is 8.42 Å². The molecule has 0 spiro atoms. The Bertz CT molecular complexity index is 580. The SMILES string of the molecule is CC1CN(S(=O)(=O)c2ccc(CC(=O)O)s2)CCCO1. The summed E-state index contributed by atoms with van der Waals surface area (Å²) >= 11 is 1.02. The summed E-state index contributed by atoms with van der Waals surface area (Å²) < 4.78 is 32.1. The summed E-state index contributed by atoms with van der Waals surface area (Å²) in [5.41, 5.74) is 0. The highest BCUT2D eigenvalue weighted by molar-refractivity contribution is 7.91. The summed E-state index contributed by atoms with van der Waals surface area (Å²) in [6, 6.07) is 3.04. The maximum absolute atomic E-state index is 12.5. The minimum absolute atomic E-state index is 0.134. The van der Waals surface area contributed by atoms with E-state index in [9.17, 15) is 13.2 Å². The number of thiophene rings is 1. The molecule has 1 N–H and O–H groups in total. The number of rotatable bonds is 4. The van der Waals surface area contributed by atoms with Gasteiger partial charge in [0.15, 0.2) is 0 Å². The predicted molar refractivity (Wildman–Crippen MR) is 74.4 cm³/mol. The first-order valence-corrected chi connectivity index (χ1v) is 8.57. The van der Waals surface area contributed by atoms with Gasteiger partial charge < -0.3 is 9.84 Å². The molecule has 1 saturated heterocycles. The molecule has 0 saturated carbocycles. The van der Waals surface area contributed by atoms with Gasteiger partial charge in [-0.3, -0.25) is 4.79 Å².